The van der Waals surface area contributed by atoms with Crippen molar-refractivity contribution in [3.63, 3.8) is 0 Å². The van der Waals surface area contributed by atoms with Gasteiger partial charge in [0.1, 0.15) is 0 Å². The third-order valence-electron chi connectivity index (χ3n) is 3.12. The fourth-order valence-corrected chi connectivity index (χ4v) is 2.37. The minimum absolute atomic E-state index is 0.240. The van der Waals surface area contributed by atoms with Gasteiger partial charge in [0.05, 0.1) is 13.7 Å². The molecule has 1 saturated heterocycles. The van der Waals surface area contributed by atoms with Gasteiger partial charge >= 0.3 is 5.97 Å². The number of ether oxygens (including phenoxy) is 3. The number of benzene rings is 1. The van der Waals surface area contributed by atoms with E-state index in [1.54, 1.807) is 0 Å². The average molecular weight is 250 g/mol. The highest BCUT2D eigenvalue weighted by Gasteiger charge is 2.34. The summed E-state index contributed by atoms with van der Waals surface area (Å²) in [6.45, 7) is 6.34. The van der Waals surface area contributed by atoms with Crippen LogP contribution in [0.15, 0.2) is 12.1 Å². The smallest absolute Gasteiger partial charge is 0.337 e. The van der Waals surface area contributed by atoms with Gasteiger partial charge in [-0.1, -0.05) is 17.7 Å². The van der Waals surface area contributed by atoms with Crippen LogP contribution in [-0.4, -0.2) is 25.8 Å². The van der Waals surface area contributed by atoms with Crippen molar-refractivity contribution in [2.24, 2.45) is 0 Å². The topological polar surface area (TPSA) is 44.8 Å². The summed E-state index contributed by atoms with van der Waals surface area (Å²) in [6.07, 6.45) is -1.10. The van der Waals surface area contributed by atoms with Crippen molar-refractivity contribution in [1.29, 1.82) is 0 Å². The first-order valence-corrected chi connectivity index (χ1v) is 5.95. The van der Waals surface area contributed by atoms with Gasteiger partial charge in [0.25, 0.3) is 0 Å². The van der Waals surface area contributed by atoms with Gasteiger partial charge in [-0.2, -0.15) is 0 Å². The van der Waals surface area contributed by atoms with Crippen molar-refractivity contribution in [2.45, 2.75) is 33.2 Å². The lowest BCUT2D eigenvalue weighted by Gasteiger charge is -2.17. The Bertz CT molecular complexity index is 444. The van der Waals surface area contributed by atoms with Gasteiger partial charge in [-0.25, -0.2) is 4.79 Å². The van der Waals surface area contributed by atoms with E-state index >= 15 is 0 Å². The summed E-state index contributed by atoms with van der Waals surface area (Å²) in [7, 11) is 1.35. The molecule has 1 aliphatic heterocycles. The summed E-state index contributed by atoms with van der Waals surface area (Å²) in [5, 5.41) is 0. The maximum atomic E-state index is 11.4. The lowest BCUT2D eigenvalue weighted by atomic mass is 9.99. The van der Waals surface area contributed by atoms with Crippen molar-refractivity contribution in [2.75, 3.05) is 13.7 Å². The molecule has 0 saturated carbocycles. The molecular weight excluding hydrogens is 232 g/mol. The fourth-order valence-electron chi connectivity index (χ4n) is 2.37. The Kier molecular flexibility index (Phi) is 3.68. The number of carbonyl (C=O) groups is 1. The van der Waals surface area contributed by atoms with Gasteiger partial charge in [0.15, 0.2) is 12.4 Å². The van der Waals surface area contributed by atoms with Gasteiger partial charge in [0, 0.05) is 5.56 Å². The lowest BCUT2D eigenvalue weighted by molar-refractivity contribution is -0.154. The highest BCUT2D eigenvalue weighted by Crippen LogP contribution is 2.32. The van der Waals surface area contributed by atoms with E-state index in [-0.39, 0.29) is 12.6 Å². The van der Waals surface area contributed by atoms with Gasteiger partial charge < -0.3 is 14.2 Å². The Morgan fingerprint density at radius 3 is 2.44 bits per heavy atom. The lowest BCUT2D eigenvalue weighted by Crippen LogP contribution is -2.24. The van der Waals surface area contributed by atoms with Crippen molar-refractivity contribution < 1.29 is 19.0 Å². The van der Waals surface area contributed by atoms with E-state index in [4.69, 9.17) is 9.47 Å². The van der Waals surface area contributed by atoms with Crippen LogP contribution in [0.1, 0.15) is 28.5 Å². The molecule has 0 amide bonds. The van der Waals surface area contributed by atoms with E-state index in [0.29, 0.717) is 0 Å². The molecule has 18 heavy (non-hydrogen) atoms. The minimum Gasteiger partial charge on any atom is -0.467 e. The van der Waals surface area contributed by atoms with Crippen LogP contribution in [0, 0.1) is 20.8 Å². The van der Waals surface area contributed by atoms with Crippen LogP contribution < -0.4 is 0 Å². The second kappa shape index (κ2) is 5.08. The monoisotopic (exact) mass is 250 g/mol. The number of methoxy groups -OCH3 is 1. The standard InChI is InChI=1S/C14H18O4/c1-8-5-9(2)12(10(3)6-8)14-17-7-11(18-14)13(15)16-4/h5-6,11,14H,7H2,1-4H3. The van der Waals surface area contributed by atoms with Gasteiger partial charge in [0.2, 0.25) is 0 Å². The third-order valence-corrected chi connectivity index (χ3v) is 3.12. The van der Waals surface area contributed by atoms with E-state index < -0.39 is 12.4 Å². The molecule has 2 rings (SSSR count). The summed E-state index contributed by atoms with van der Waals surface area (Å²) in [5.74, 6) is -0.389. The number of aryl methyl sites for hydroxylation is 3. The highest BCUT2D eigenvalue weighted by atomic mass is 16.7. The second-order valence-electron chi connectivity index (χ2n) is 4.63. The van der Waals surface area contributed by atoms with Crippen molar-refractivity contribution in [1.82, 2.24) is 0 Å². The first-order chi connectivity index (χ1) is 8.52. The second-order valence-corrected chi connectivity index (χ2v) is 4.63. The quantitative estimate of drug-likeness (QED) is 0.755. The van der Waals surface area contributed by atoms with E-state index in [1.807, 2.05) is 13.8 Å². The first-order valence-electron chi connectivity index (χ1n) is 5.95. The molecule has 0 bridgehead atoms. The number of esters is 1. The number of rotatable bonds is 2. The van der Waals surface area contributed by atoms with Crippen molar-refractivity contribution >= 4 is 5.97 Å². The molecule has 2 unspecified atom stereocenters. The van der Waals surface area contributed by atoms with Crippen LogP contribution in [0.25, 0.3) is 0 Å². The molecule has 0 aliphatic carbocycles. The molecular formula is C14H18O4. The molecule has 1 aliphatic rings. The molecule has 1 fully saturated rings. The molecule has 4 nitrogen and oxygen atoms in total. The zero-order valence-corrected chi connectivity index (χ0v) is 11.1. The van der Waals surface area contributed by atoms with Crippen LogP contribution in [0.5, 0.6) is 0 Å². The molecule has 1 aromatic carbocycles. The Hall–Kier alpha value is -1.39. The molecule has 4 heteroatoms. The van der Waals surface area contributed by atoms with Crippen molar-refractivity contribution in [3.05, 3.63) is 34.4 Å². The minimum atomic E-state index is -0.625. The SMILES string of the molecule is COC(=O)C1COC(c2c(C)cc(C)cc2C)O1. The van der Waals surface area contributed by atoms with Crippen LogP contribution in [0.3, 0.4) is 0 Å². The molecule has 1 heterocycles. The normalized spacial score (nSPS) is 23.1. The first kappa shape index (κ1) is 13.1. The van der Waals surface area contributed by atoms with Crippen LogP contribution in [-0.2, 0) is 19.0 Å². The Labute approximate surface area is 107 Å². The molecule has 1 aromatic rings. The summed E-state index contributed by atoms with van der Waals surface area (Å²) in [6, 6.07) is 4.17. The average Bonchev–Trinajstić information content (AvgIpc) is 2.76. The van der Waals surface area contributed by atoms with Gasteiger partial charge in [-0.05, 0) is 31.9 Å². The summed E-state index contributed by atoms with van der Waals surface area (Å²) >= 11 is 0. The highest BCUT2D eigenvalue weighted by molar-refractivity contribution is 5.75. The Balaban J connectivity index is 2.22. The van der Waals surface area contributed by atoms with Crippen LogP contribution in [0.4, 0.5) is 0 Å². The van der Waals surface area contributed by atoms with Crippen molar-refractivity contribution in [3.8, 4) is 0 Å². The molecule has 0 N–H and O–H groups in total. The maximum absolute atomic E-state index is 11.4. The zero-order chi connectivity index (χ0) is 13.3. The Morgan fingerprint density at radius 1 is 1.28 bits per heavy atom. The zero-order valence-electron chi connectivity index (χ0n) is 11.1. The molecule has 0 spiro atoms. The summed E-state index contributed by atoms with van der Waals surface area (Å²) in [5.41, 5.74) is 4.44. The largest absolute Gasteiger partial charge is 0.467 e. The number of hydrogen-bond donors (Lipinski definition) is 0. The third kappa shape index (κ3) is 2.40. The van der Waals surface area contributed by atoms with Gasteiger partial charge in [-0.3, -0.25) is 0 Å². The molecule has 0 radical (unpaired) electrons. The van der Waals surface area contributed by atoms with Crippen LogP contribution >= 0.6 is 0 Å². The van der Waals surface area contributed by atoms with Crippen LogP contribution in [0.2, 0.25) is 0 Å². The summed E-state index contributed by atoms with van der Waals surface area (Å²) < 4.78 is 15.8. The van der Waals surface area contributed by atoms with Gasteiger partial charge in [-0.15, -0.1) is 0 Å². The molecule has 2 atom stereocenters. The van der Waals surface area contributed by atoms with E-state index in [9.17, 15) is 4.79 Å². The van der Waals surface area contributed by atoms with E-state index in [2.05, 4.69) is 23.8 Å². The number of hydrogen-bond acceptors (Lipinski definition) is 4. The van der Waals surface area contributed by atoms with E-state index in [0.717, 1.165) is 16.7 Å². The predicted molar refractivity (Wildman–Crippen MR) is 66.2 cm³/mol. The summed E-state index contributed by atoms with van der Waals surface area (Å²) in [4.78, 5) is 11.4. The van der Waals surface area contributed by atoms with E-state index in [1.165, 1.54) is 12.7 Å². The Morgan fingerprint density at radius 2 is 1.89 bits per heavy atom. The fraction of sp³-hybridized carbons (Fsp3) is 0.500. The molecule has 98 valence electrons. The predicted octanol–water partition coefficient (Wildman–Crippen LogP) is 2.20. The number of carbonyl (C=O) groups excluding carboxylic acids is 1. The molecule has 0 aromatic heterocycles. The maximum Gasteiger partial charge on any atom is 0.337 e.